The lowest BCUT2D eigenvalue weighted by Gasteiger charge is -2.29. The molecule has 2 bridgehead atoms. The number of rotatable bonds is 2. The molecule has 0 amide bonds. The van der Waals surface area contributed by atoms with Crippen molar-refractivity contribution in [2.24, 2.45) is 17.8 Å². The van der Waals surface area contributed by atoms with E-state index in [0.717, 1.165) is 25.1 Å². The van der Waals surface area contributed by atoms with E-state index in [2.05, 4.69) is 4.98 Å². The standard InChI is InChI=1S/C13H14FN3O3/c14-10-3-8(17(19)20)4-15-13(10)16-5-7-1-6-2-9(7)11(16)12(6)18/h3-4,6-7,9,11-12,18H,1-2,5H2. The fraction of sp³-hybridized carbons (Fsp3) is 0.615. The molecule has 5 unspecified atom stereocenters. The largest absolute Gasteiger partial charge is 0.391 e. The van der Waals surface area contributed by atoms with E-state index in [-0.39, 0.29) is 17.5 Å². The third-order valence-corrected chi connectivity index (χ3v) is 5.14. The highest BCUT2D eigenvalue weighted by Crippen LogP contribution is 2.55. The highest BCUT2D eigenvalue weighted by atomic mass is 19.1. The Morgan fingerprint density at radius 3 is 2.90 bits per heavy atom. The second-order valence-electron chi connectivity index (χ2n) is 6.05. The zero-order chi connectivity index (χ0) is 14.0. The Morgan fingerprint density at radius 1 is 1.45 bits per heavy atom. The van der Waals surface area contributed by atoms with Gasteiger partial charge in [-0.25, -0.2) is 9.37 Å². The van der Waals surface area contributed by atoms with Crippen molar-refractivity contribution in [3.05, 3.63) is 28.2 Å². The maximum absolute atomic E-state index is 14.1. The second kappa shape index (κ2) is 3.88. The van der Waals surface area contributed by atoms with E-state index in [9.17, 15) is 19.6 Å². The van der Waals surface area contributed by atoms with Gasteiger partial charge < -0.3 is 10.0 Å². The quantitative estimate of drug-likeness (QED) is 0.652. The van der Waals surface area contributed by atoms with Crippen molar-refractivity contribution in [3.8, 4) is 0 Å². The Kier molecular flexibility index (Phi) is 2.33. The molecule has 1 aromatic rings. The first-order valence-electron chi connectivity index (χ1n) is 6.81. The van der Waals surface area contributed by atoms with Crippen LogP contribution >= 0.6 is 0 Å². The van der Waals surface area contributed by atoms with Gasteiger partial charge in [0.2, 0.25) is 0 Å². The van der Waals surface area contributed by atoms with Crippen LogP contribution < -0.4 is 4.90 Å². The van der Waals surface area contributed by atoms with E-state index < -0.39 is 16.8 Å². The van der Waals surface area contributed by atoms with E-state index >= 15 is 0 Å². The maximum atomic E-state index is 14.1. The number of pyridine rings is 1. The van der Waals surface area contributed by atoms with Crippen LogP contribution in [-0.2, 0) is 0 Å². The fourth-order valence-electron chi connectivity index (χ4n) is 4.39. The summed E-state index contributed by atoms with van der Waals surface area (Å²) < 4.78 is 14.1. The normalized spacial score (nSPS) is 37.7. The molecule has 2 heterocycles. The summed E-state index contributed by atoms with van der Waals surface area (Å²) in [5.74, 6) is 0.670. The predicted molar refractivity (Wildman–Crippen MR) is 67.7 cm³/mol. The molecule has 2 aliphatic carbocycles. The summed E-state index contributed by atoms with van der Waals surface area (Å²) in [4.78, 5) is 15.7. The van der Waals surface area contributed by atoms with E-state index in [0.29, 0.717) is 24.3 Å². The first-order chi connectivity index (χ1) is 9.56. The monoisotopic (exact) mass is 279 g/mol. The Morgan fingerprint density at radius 2 is 2.25 bits per heavy atom. The molecule has 20 heavy (non-hydrogen) atoms. The summed E-state index contributed by atoms with van der Waals surface area (Å²) in [6, 6.07) is 0.823. The van der Waals surface area contributed by atoms with Gasteiger partial charge >= 0.3 is 0 Å². The Bertz CT molecular complexity index is 594. The molecule has 1 saturated heterocycles. The minimum absolute atomic E-state index is 0.0813. The number of aromatic nitrogens is 1. The van der Waals surface area contributed by atoms with Gasteiger partial charge in [0.15, 0.2) is 11.6 Å². The third-order valence-electron chi connectivity index (χ3n) is 5.14. The highest BCUT2D eigenvalue weighted by Gasteiger charge is 2.59. The number of aliphatic hydroxyl groups is 1. The number of fused-ring (bicyclic) bond motifs is 1. The first kappa shape index (κ1) is 12.0. The number of halogens is 1. The molecule has 7 heteroatoms. The number of aliphatic hydroxyl groups excluding tert-OH is 1. The smallest absolute Gasteiger partial charge is 0.290 e. The SMILES string of the molecule is O=[N+]([O-])c1cnc(N2CC3CC4CC3C2C4O)c(F)c1. The summed E-state index contributed by atoms with van der Waals surface area (Å²) in [6.45, 7) is 0.685. The number of nitro groups is 1. The molecule has 2 saturated carbocycles. The summed E-state index contributed by atoms with van der Waals surface area (Å²) in [5.41, 5.74) is -0.349. The summed E-state index contributed by atoms with van der Waals surface area (Å²) in [7, 11) is 0. The van der Waals surface area contributed by atoms with Gasteiger partial charge in [0.25, 0.3) is 5.69 Å². The van der Waals surface area contributed by atoms with Gasteiger partial charge in [-0.15, -0.1) is 0 Å². The minimum atomic E-state index is -0.684. The van der Waals surface area contributed by atoms with Crippen LogP contribution in [0.25, 0.3) is 0 Å². The van der Waals surface area contributed by atoms with Crippen LogP contribution in [0.5, 0.6) is 0 Å². The second-order valence-corrected chi connectivity index (χ2v) is 6.05. The van der Waals surface area contributed by atoms with Crippen LogP contribution in [0.4, 0.5) is 15.9 Å². The number of anilines is 1. The van der Waals surface area contributed by atoms with E-state index in [1.165, 1.54) is 0 Å². The molecule has 0 aromatic carbocycles. The van der Waals surface area contributed by atoms with Crippen LogP contribution in [0, 0.1) is 33.7 Å². The Labute approximate surface area is 114 Å². The fourth-order valence-corrected chi connectivity index (χ4v) is 4.39. The summed E-state index contributed by atoms with van der Waals surface area (Å²) in [5, 5.41) is 20.9. The number of nitrogens with zero attached hydrogens (tertiary/aromatic N) is 3. The molecule has 4 rings (SSSR count). The summed E-state index contributed by atoms with van der Waals surface area (Å²) in [6.07, 6.45) is 2.64. The summed E-state index contributed by atoms with van der Waals surface area (Å²) >= 11 is 0. The lowest BCUT2D eigenvalue weighted by molar-refractivity contribution is -0.385. The van der Waals surface area contributed by atoms with Gasteiger partial charge in [-0.2, -0.15) is 0 Å². The topological polar surface area (TPSA) is 79.5 Å². The van der Waals surface area contributed by atoms with Crippen LogP contribution in [-0.4, -0.2) is 33.7 Å². The van der Waals surface area contributed by atoms with Crippen molar-refractivity contribution in [2.45, 2.75) is 25.0 Å². The molecule has 6 nitrogen and oxygen atoms in total. The van der Waals surface area contributed by atoms with Crippen LogP contribution in [0.2, 0.25) is 0 Å². The zero-order valence-electron chi connectivity index (χ0n) is 10.6. The Balaban J connectivity index is 1.70. The van der Waals surface area contributed by atoms with Gasteiger partial charge in [0, 0.05) is 6.54 Å². The van der Waals surface area contributed by atoms with Gasteiger partial charge in [-0.1, -0.05) is 0 Å². The van der Waals surface area contributed by atoms with Crippen LogP contribution in [0.1, 0.15) is 12.8 Å². The predicted octanol–water partition coefficient (Wildman–Crippen LogP) is 1.33. The molecule has 1 N–H and O–H groups in total. The van der Waals surface area contributed by atoms with Crippen molar-refractivity contribution in [1.82, 2.24) is 4.98 Å². The van der Waals surface area contributed by atoms with E-state index in [1.54, 1.807) is 0 Å². The molecule has 1 aliphatic heterocycles. The molecule has 0 spiro atoms. The van der Waals surface area contributed by atoms with Crippen molar-refractivity contribution < 1.29 is 14.4 Å². The van der Waals surface area contributed by atoms with Gasteiger partial charge in [-0.05, 0) is 30.6 Å². The lowest BCUT2D eigenvalue weighted by Crippen LogP contribution is -2.41. The van der Waals surface area contributed by atoms with Crippen LogP contribution in [0.3, 0.4) is 0 Å². The minimum Gasteiger partial charge on any atom is -0.391 e. The average molecular weight is 279 g/mol. The van der Waals surface area contributed by atoms with E-state index in [4.69, 9.17) is 0 Å². The highest BCUT2D eigenvalue weighted by molar-refractivity contribution is 5.48. The van der Waals surface area contributed by atoms with Gasteiger partial charge in [0.05, 0.1) is 23.1 Å². The molecule has 106 valence electrons. The molecule has 3 fully saturated rings. The lowest BCUT2D eigenvalue weighted by atomic mass is 9.88. The molecule has 3 aliphatic rings. The van der Waals surface area contributed by atoms with Gasteiger partial charge in [-0.3, -0.25) is 10.1 Å². The Hall–Kier alpha value is -1.76. The van der Waals surface area contributed by atoms with Crippen molar-refractivity contribution in [2.75, 3.05) is 11.4 Å². The molecular weight excluding hydrogens is 265 g/mol. The number of hydrogen-bond acceptors (Lipinski definition) is 5. The average Bonchev–Trinajstić information content (AvgIpc) is 3.00. The first-order valence-corrected chi connectivity index (χ1v) is 6.81. The molecule has 1 aromatic heterocycles. The van der Waals surface area contributed by atoms with Crippen LogP contribution in [0.15, 0.2) is 12.3 Å². The van der Waals surface area contributed by atoms with Crippen molar-refractivity contribution >= 4 is 11.5 Å². The maximum Gasteiger partial charge on any atom is 0.290 e. The molecular formula is C13H14FN3O3. The molecule has 0 radical (unpaired) electrons. The third kappa shape index (κ3) is 1.44. The molecule has 5 atom stereocenters. The number of hydrogen-bond donors (Lipinski definition) is 1. The van der Waals surface area contributed by atoms with Crippen molar-refractivity contribution in [3.63, 3.8) is 0 Å². The van der Waals surface area contributed by atoms with E-state index in [1.807, 2.05) is 4.90 Å². The zero-order valence-corrected chi connectivity index (χ0v) is 10.6. The van der Waals surface area contributed by atoms with Gasteiger partial charge in [0.1, 0.15) is 6.20 Å². The van der Waals surface area contributed by atoms with Crippen molar-refractivity contribution in [1.29, 1.82) is 0 Å².